The fourth-order valence-corrected chi connectivity index (χ4v) is 3.52. The lowest BCUT2D eigenvalue weighted by Gasteiger charge is -2.34. The van der Waals surface area contributed by atoms with Crippen LogP contribution in [0.3, 0.4) is 0 Å². The number of nitrogens with one attached hydrogen (secondary N) is 1. The highest BCUT2D eigenvalue weighted by Crippen LogP contribution is 2.25. The molecule has 1 aromatic carbocycles. The normalized spacial score (nSPS) is 21.5. The number of nitrogens with zero attached hydrogens (tertiary/aromatic N) is 1. The van der Waals surface area contributed by atoms with E-state index in [4.69, 9.17) is 23.2 Å². The average molecular weight is 373 g/mol. The van der Waals surface area contributed by atoms with Gasteiger partial charge in [0.1, 0.15) is 0 Å². The standard InChI is InChI=1S/C17H22Cl2N2O3/c1-11-7-13(17(23)24)9-21(8-11)10-15(22)20-6-5-12-3-2-4-14(18)16(12)19/h2-4,11,13H,5-10H2,1H3,(H,20,22)(H,23,24). The largest absolute Gasteiger partial charge is 0.481 e. The Bertz CT molecular complexity index is 609. The number of hydrogen-bond acceptors (Lipinski definition) is 3. The molecule has 1 fully saturated rings. The molecule has 0 bridgehead atoms. The van der Waals surface area contributed by atoms with Crippen LogP contribution in [0, 0.1) is 11.8 Å². The number of hydrogen-bond donors (Lipinski definition) is 2. The lowest BCUT2D eigenvalue weighted by atomic mass is 9.90. The number of aliphatic carboxylic acids is 1. The summed E-state index contributed by atoms with van der Waals surface area (Å²) in [4.78, 5) is 25.2. The molecule has 0 spiro atoms. The first-order valence-electron chi connectivity index (χ1n) is 8.01. The maximum atomic E-state index is 12.1. The summed E-state index contributed by atoms with van der Waals surface area (Å²) in [7, 11) is 0. The van der Waals surface area contributed by atoms with Crippen molar-refractivity contribution in [3.8, 4) is 0 Å². The maximum absolute atomic E-state index is 12.1. The van der Waals surface area contributed by atoms with E-state index in [1.807, 2.05) is 24.0 Å². The molecule has 0 saturated carbocycles. The van der Waals surface area contributed by atoms with Gasteiger partial charge in [-0.1, -0.05) is 42.3 Å². The molecule has 2 atom stereocenters. The van der Waals surface area contributed by atoms with Gasteiger partial charge in [0.15, 0.2) is 0 Å². The molecular weight excluding hydrogens is 351 g/mol. The molecule has 0 aliphatic carbocycles. The summed E-state index contributed by atoms with van der Waals surface area (Å²) >= 11 is 12.1. The Hall–Kier alpha value is -1.30. The van der Waals surface area contributed by atoms with E-state index in [0.717, 1.165) is 12.1 Å². The first-order valence-corrected chi connectivity index (χ1v) is 8.77. The first kappa shape index (κ1) is 19.0. The first-order chi connectivity index (χ1) is 11.4. The van der Waals surface area contributed by atoms with Crippen LogP contribution in [0.5, 0.6) is 0 Å². The molecule has 0 radical (unpaired) electrons. The highest BCUT2D eigenvalue weighted by Gasteiger charge is 2.30. The second-order valence-corrected chi connectivity index (χ2v) is 7.17. The average Bonchev–Trinajstić information content (AvgIpc) is 2.50. The van der Waals surface area contributed by atoms with E-state index in [1.165, 1.54) is 0 Å². The Morgan fingerprint density at radius 2 is 2.08 bits per heavy atom. The topological polar surface area (TPSA) is 69.6 Å². The lowest BCUT2D eigenvalue weighted by molar-refractivity contribution is -0.145. The smallest absolute Gasteiger partial charge is 0.307 e. The van der Waals surface area contributed by atoms with Crippen molar-refractivity contribution in [2.24, 2.45) is 11.8 Å². The summed E-state index contributed by atoms with van der Waals surface area (Å²) in [6.07, 6.45) is 1.26. The fraction of sp³-hybridized carbons (Fsp3) is 0.529. The zero-order valence-corrected chi connectivity index (χ0v) is 15.1. The van der Waals surface area contributed by atoms with Crippen LogP contribution in [0.4, 0.5) is 0 Å². The third kappa shape index (κ3) is 5.36. The van der Waals surface area contributed by atoms with Crippen molar-refractivity contribution in [3.63, 3.8) is 0 Å². The molecule has 24 heavy (non-hydrogen) atoms. The molecule has 1 saturated heterocycles. The van der Waals surface area contributed by atoms with E-state index in [9.17, 15) is 14.7 Å². The molecule has 132 valence electrons. The molecule has 7 heteroatoms. The molecule has 1 aliphatic rings. The van der Waals surface area contributed by atoms with E-state index in [-0.39, 0.29) is 18.4 Å². The third-order valence-corrected chi connectivity index (χ3v) is 5.06. The van der Waals surface area contributed by atoms with Crippen LogP contribution in [-0.4, -0.2) is 48.1 Å². The second-order valence-electron chi connectivity index (χ2n) is 6.38. The predicted octanol–water partition coefficient (Wildman–Crippen LogP) is 2.69. The number of rotatable bonds is 6. The molecule has 1 heterocycles. The number of carboxylic acids is 1. The summed E-state index contributed by atoms with van der Waals surface area (Å²) in [5.74, 6) is -1.02. The van der Waals surface area contributed by atoms with Gasteiger partial charge in [0.25, 0.3) is 0 Å². The molecular formula is C17H22Cl2N2O3. The van der Waals surface area contributed by atoms with E-state index < -0.39 is 11.9 Å². The number of halogens is 2. The number of amides is 1. The van der Waals surface area contributed by atoms with Crippen molar-refractivity contribution in [3.05, 3.63) is 33.8 Å². The van der Waals surface area contributed by atoms with Gasteiger partial charge in [-0.3, -0.25) is 14.5 Å². The molecule has 2 rings (SSSR count). The Kier molecular flexibility index (Phi) is 6.90. The highest BCUT2D eigenvalue weighted by atomic mass is 35.5. The van der Waals surface area contributed by atoms with Crippen molar-refractivity contribution in [2.45, 2.75) is 19.8 Å². The van der Waals surface area contributed by atoms with Crippen molar-refractivity contribution in [2.75, 3.05) is 26.2 Å². The minimum Gasteiger partial charge on any atom is -0.481 e. The predicted molar refractivity (Wildman–Crippen MR) is 94.5 cm³/mol. The van der Waals surface area contributed by atoms with Gasteiger partial charge in [-0.05, 0) is 30.4 Å². The number of carbonyl (C=O) groups excluding carboxylic acids is 1. The summed E-state index contributed by atoms with van der Waals surface area (Å²) in [5, 5.41) is 13.0. The van der Waals surface area contributed by atoms with E-state index >= 15 is 0 Å². The Labute approximate surface area is 151 Å². The molecule has 1 aromatic rings. The zero-order chi connectivity index (χ0) is 17.7. The fourth-order valence-electron chi connectivity index (χ4n) is 3.11. The minimum absolute atomic E-state index is 0.105. The summed E-state index contributed by atoms with van der Waals surface area (Å²) < 4.78 is 0. The molecule has 5 nitrogen and oxygen atoms in total. The van der Waals surface area contributed by atoms with Crippen LogP contribution in [0.25, 0.3) is 0 Å². The maximum Gasteiger partial charge on any atom is 0.307 e. The molecule has 2 N–H and O–H groups in total. The number of piperidine rings is 1. The van der Waals surface area contributed by atoms with Crippen LogP contribution >= 0.6 is 23.2 Å². The van der Waals surface area contributed by atoms with Gasteiger partial charge in [-0.2, -0.15) is 0 Å². The van der Waals surface area contributed by atoms with E-state index in [1.54, 1.807) is 6.07 Å². The Morgan fingerprint density at radius 3 is 2.79 bits per heavy atom. The van der Waals surface area contributed by atoms with Gasteiger partial charge in [-0.25, -0.2) is 0 Å². The monoisotopic (exact) mass is 372 g/mol. The van der Waals surface area contributed by atoms with Crippen LogP contribution < -0.4 is 5.32 Å². The number of likely N-dealkylation sites (tertiary alicyclic amines) is 1. The number of carbonyl (C=O) groups is 2. The van der Waals surface area contributed by atoms with Crippen LogP contribution in [-0.2, 0) is 16.0 Å². The molecule has 1 amide bonds. The molecule has 2 unspecified atom stereocenters. The van der Waals surface area contributed by atoms with Crippen molar-refractivity contribution < 1.29 is 14.7 Å². The molecule has 1 aliphatic heterocycles. The van der Waals surface area contributed by atoms with Crippen molar-refractivity contribution >= 4 is 35.1 Å². The van der Waals surface area contributed by atoms with Crippen LogP contribution in [0.15, 0.2) is 18.2 Å². The van der Waals surface area contributed by atoms with Crippen molar-refractivity contribution in [1.82, 2.24) is 10.2 Å². The quantitative estimate of drug-likeness (QED) is 0.805. The Balaban J connectivity index is 1.78. The summed E-state index contributed by atoms with van der Waals surface area (Å²) in [6.45, 7) is 3.87. The van der Waals surface area contributed by atoms with Crippen LogP contribution in [0.2, 0.25) is 10.0 Å². The van der Waals surface area contributed by atoms with Crippen molar-refractivity contribution in [1.29, 1.82) is 0 Å². The number of benzene rings is 1. The minimum atomic E-state index is -0.789. The van der Waals surface area contributed by atoms with Gasteiger partial charge in [0.05, 0.1) is 22.5 Å². The van der Waals surface area contributed by atoms with E-state index in [0.29, 0.717) is 36.0 Å². The van der Waals surface area contributed by atoms with Gasteiger partial charge >= 0.3 is 5.97 Å². The second kappa shape index (κ2) is 8.70. The molecule has 0 aromatic heterocycles. The SMILES string of the molecule is CC1CC(C(=O)O)CN(CC(=O)NCCc2cccc(Cl)c2Cl)C1. The van der Waals surface area contributed by atoms with Gasteiger partial charge in [-0.15, -0.1) is 0 Å². The summed E-state index contributed by atoms with van der Waals surface area (Å²) in [5.41, 5.74) is 0.891. The summed E-state index contributed by atoms with van der Waals surface area (Å²) in [6, 6.07) is 5.43. The van der Waals surface area contributed by atoms with Gasteiger partial charge in [0.2, 0.25) is 5.91 Å². The lowest BCUT2D eigenvalue weighted by Crippen LogP contribution is -2.47. The number of carboxylic acid groups (broad SMARTS) is 1. The van der Waals surface area contributed by atoms with E-state index in [2.05, 4.69) is 5.32 Å². The van der Waals surface area contributed by atoms with Gasteiger partial charge < -0.3 is 10.4 Å². The zero-order valence-electron chi connectivity index (χ0n) is 13.6. The Morgan fingerprint density at radius 1 is 1.33 bits per heavy atom. The highest BCUT2D eigenvalue weighted by molar-refractivity contribution is 6.42. The third-order valence-electron chi connectivity index (χ3n) is 4.20. The van der Waals surface area contributed by atoms with Gasteiger partial charge in [0, 0.05) is 19.6 Å². The van der Waals surface area contributed by atoms with Crippen LogP contribution in [0.1, 0.15) is 18.9 Å².